The number of hydrogen-bond acceptors (Lipinski definition) is 4. The number of aromatic nitrogens is 1. The molecule has 184 valence electrons. The third kappa shape index (κ3) is 4.99. The summed E-state index contributed by atoms with van der Waals surface area (Å²) in [5.41, 5.74) is 2.28. The van der Waals surface area contributed by atoms with Crippen LogP contribution in [0.1, 0.15) is 34.0 Å². The molecule has 2 atom stereocenters. The van der Waals surface area contributed by atoms with Crippen LogP contribution in [0.3, 0.4) is 0 Å². The van der Waals surface area contributed by atoms with Gasteiger partial charge in [0.1, 0.15) is 5.70 Å². The summed E-state index contributed by atoms with van der Waals surface area (Å²) >= 11 is 7.88. The molecular formula is C28H26ClN3O3S. The van der Waals surface area contributed by atoms with Crippen LogP contribution in [0, 0.1) is 5.92 Å². The standard InChI is InChI=1S/C28H26ClN3O3S/c1-36-21-11-9-18(10-12-21)14-24(30-27(34)22-5-2-3-6-23(22)29)28(35)31-15-19-13-20(17-31)25-7-4-8-26(33)32(25)16-19/h2-12,14,19-20H,13,15-17H2,1H3,(H,30,34)/b24-14-. The van der Waals surface area contributed by atoms with Gasteiger partial charge in [0.15, 0.2) is 0 Å². The van der Waals surface area contributed by atoms with E-state index in [1.165, 1.54) is 0 Å². The van der Waals surface area contributed by atoms with Crippen molar-refractivity contribution in [1.29, 1.82) is 0 Å². The molecule has 2 amide bonds. The Bertz CT molecular complexity index is 1400. The second-order valence-corrected chi connectivity index (χ2v) is 10.5. The van der Waals surface area contributed by atoms with Crippen molar-refractivity contribution in [2.24, 2.45) is 5.92 Å². The van der Waals surface area contributed by atoms with Crippen LogP contribution in [0.4, 0.5) is 0 Å². The van der Waals surface area contributed by atoms with Gasteiger partial charge in [0.25, 0.3) is 17.4 Å². The minimum absolute atomic E-state index is 0.00301. The first-order valence-corrected chi connectivity index (χ1v) is 13.4. The van der Waals surface area contributed by atoms with Crippen LogP contribution in [0.5, 0.6) is 0 Å². The summed E-state index contributed by atoms with van der Waals surface area (Å²) in [5.74, 6) is -0.417. The van der Waals surface area contributed by atoms with Crippen molar-refractivity contribution in [2.75, 3.05) is 19.3 Å². The SMILES string of the molecule is CSc1ccc(/C=C(\NC(=O)c2ccccc2Cl)C(=O)N2CC3CC(C2)c2cccc(=O)n2C3)cc1. The molecule has 2 bridgehead atoms. The fourth-order valence-corrected chi connectivity index (χ4v) is 5.72. The maximum atomic E-state index is 13.8. The zero-order valence-corrected chi connectivity index (χ0v) is 21.4. The highest BCUT2D eigenvalue weighted by Crippen LogP contribution is 2.35. The van der Waals surface area contributed by atoms with Crippen LogP contribution in [0.15, 0.2) is 82.1 Å². The number of likely N-dealkylation sites (tertiary alicyclic amines) is 1. The summed E-state index contributed by atoms with van der Waals surface area (Å²) in [5, 5.41) is 3.15. The maximum absolute atomic E-state index is 13.8. The predicted molar refractivity (Wildman–Crippen MR) is 143 cm³/mol. The highest BCUT2D eigenvalue weighted by Gasteiger charge is 2.37. The average Bonchev–Trinajstić information content (AvgIpc) is 2.89. The molecule has 0 spiro atoms. The Hall–Kier alpha value is -3.29. The van der Waals surface area contributed by atoms with Crippen LogP contribution < -0.4 is 10.9 Å². The summed E-state index contributed by atoms with van der Waals surface area (Å²) in [6, 6.07) is 19.9. The second-order valence-electron chi connectivity index (χ2n) is 9.17. The minimum atomic E-state index is -0.435. The zero-order chi connectivity index (χ0) is 25.2. The molecule has 1 aromatic heterocycles. The Labute approximate surface area is 219 Å². The molecule has 2 unspecified atom stereocenters. The number of carbonyl (C=O) groups is 2. The van der Waals surface area contributed by atoms with Gasteiger partial charge in [-0.3, -0.25) is 14.4 Å². The van der Waals surface area contributed by atoms with E-state index in [-0.39, 0.29) is 29.0 Å². The van der Waals surface area contributed by atoms with E-state index in [1.54, 1.807) is 59.1 Å². The van der Waals surface area contributed by atoms with Crippen molar-refractivity contribution >= 4 is 41.3 Å². The van der Waals surface area contributed by atoms with Crippen molar-refractivity contribution in [3.8, 4) is 0 Å². The van der Waals surface area contributed by atoms with Crippen molar-refractivity contribution in [3.63, 3.8) is 0 Å². The Morgan fingerprint density at radius 1 is 1.00 bits per heavy atom. The zero-order valence-electron chi connectivity index (χ0n) is 19.8. The number of nitrogens with one attached hydrogen (secondary N) is 1. The van der Waals surface area contributed by atoms with E-state index >= 15 is 0 Å². The van der Waals surface area contributed by atoms with Crippen LogP contribution in [-0.4, -0.2) is 40.6 Å². The number of piperidine rings is 1. The third-order valence-corrected chi connectivity index (χ3v) is 7.86. The van der Waals surface area contributed by atoms with E-state index in [9.17, 15) is 14.4 Å². The summed E-state index contributed by atoms with van der Waals surface area (Å²) in [4.78, 5) is 42.2. The number of rotatable bonds is 5. The molecule has 36 heavy (non-hydrogen) atoms. The van der Waals surface area contributed by atoms with Crippen LogP contribution in [0.2, 0.25) is 5.02 Å². The molecule has 2 aliphatic heterocycles. The van der Waals surface area contributed by atoms with Gasteiger partial charge in [-0.1, -0.05) is 41.9 Å². The molecule has 8 heteroatoms. The number of carbonyl (C=O) groups excluding carboxylic acids is 2. The van der Waals surface area contributed by atoms with Crippen LogP contribution in [0.25, 0.3) is 6.08 Å². The highest BCUT2D eigenvalue weighted by atomic mass is 35.5. The summed E-state index contributed by atoms with van der Waals surface area (Å²) in [6.07, 6.45) is 4.65. The Morgan fingerprint density at radius 2 is 1.78 bits per heavy atom. The first-order chi connectivity index (χ1) is 17.4. The van der Waals surface area contributed by atoms with Gasteiger partial charge in [0.2, 0.25) is 0 Å². The smallest absolute Gasteiger partial charge is 0.270 e. The summed E-state index contributed by atoms with van der Waals surface area (Å²) in [6.45, 7) is 1.61. The first-order valence-electron chi connectivity index (χ1n) is 11.8. The van der Waals surface area contributed by atoms with Crippen molar-refractivity contribution in [3.05, 3.63) is 105 Å². The Morgan fingerprint density at radius 3 is 2.53 bits per heavy atom. The molecule has 0 saturated carbocycles. The molecular weight excluding hydrogens is 494 g/mol. The normalized spacial score (nSPS) is 18.9. The number of halogens is 1. The van der Waals surface area contributed by atoms with E-state index in [0.29, 0.717) is 30.2 Å². The van der Waals surface area contributed by atoms with E-state index in [0.717, 1.165) is 22.6 Å². The number of fused-ring (bicyclic) bond motifs is 4. The van der Waals surface area contributed by atoms with E-state index in [1.807, 2.05) is 41.2 Å². The first kappa shape index (κ1) is 24.4. The van der Waals surface area contributed by atoms with Crippen molar-refractivity contribution in [1.82, 2.24) is 14.8 Å². The average molecular weight is 520 g/mol. The Kier molecular flexibility index (Phi) is 7.03. The maximum Gasteiger partial charge on any atom is 0.270 e. The number of benzene rings is 2. The van der Waals surface area contributed by atoms with Gasteiger partial charge in [0.05, 0.1) is 10.6 Å². The molecule has 5 rings (SSSR count). The number of nitrogens with zero attached hydrogens (tertiary/aromatic N) is 2. The van der Waals surface area contributed by atoms with Gasteiger partial charge >= 0.3 is 0 Å². The van der Waals surface area contributed by atoms with E-state index < -0.39 is 5.91 Å². The molecule has 1 saturated heterocycles. The van der Waals surface area contributed by atoms with Crippen molar-refractivity contribution in [2.45, 2.75) is 23.8 Å². The van der Waals surface area contributed by atoms with Gasteiger partial charge in [-0.05, 0) is 60.6 Å². The van der Waals surface area contributed by atoms with E-state index in [2.05, 4.69) is 5.32 Å². The summed E-state index contributed by atoms with van der Waals surface area (Å²) in [7, 11) is 0. The molecule has 6 nitrogen and oxygen atoms in total. The minimum Gasteiger partial charge on any atom is -0.336 e. The van der Waals surface area contributed by atoms with E-state index in [4.69, 9.17) is 11.6 Å². The lowest BCUT2D eigenvalue weighted by Crippen LogP contribution is -2.50. The largest absolute Gasteiger partial charge is 0.336 e. The van der Waals surface area contributed by atoms with Gasteiger partial charge in [-0.25, -0.2) is 0 Å². The fourth-order valence-electron chi connectivity index (χ4n) is 5.09. The third-order valence-electron chi connectivity index (χ3n) is 6.79. The van der Waals surface area contributed by atoms with Gasteiger partial charge in [-0.15, -0.1) is 11.8 Å². The quantitative estimate of drug-likeness (QED) is 0.394. The lowest BCUT2D eigenvalue weighted by molar-refractivity contribution is -0.130. The number of hydrogen-bond donors (Lipinski definition) is 1. The fraction of sp³-hybridized carbons (Fsp3) is 0.250. The predicted octanol–water partition coefficient (Wildman–Crippen LogP) is 4.64. The highest BCUT2D eigenvalue weighted by molar-refractivity contribution is 7.98. The molecule has 3 aromatic rings. The monoisotopic (exact) mass is 519 g/mol. The topological polar surface area (TPSA) is 71.4 Å². The molecule has 2 aromatic carbocycles. The van der Waals surface area contributed by atoms with Gasteiger partial charge in [0, 0.05) is 42.2 Å². The molecule has 1 fully saturated rings. The lowest BCUT2D eigenvalue weighted by atomic mass is 9.83. The Balaban J connectivity index is 1.45. The number of thioether (sulfide) groups is 1. The number of amides is 2. The van der Waals surface area contributed by atoms with Gasteiger partial charge in [-0.2, -0.15) is 0 Å². The van der Waals surface area contributed by atoms with Crippen molar-refractivity contribution < 1.29 is 9.59 Å². The molecule has 3 heterocycles. The van der Waals surface area contributed by atoms with Crippen LogP contribution in [-0.2, 0) is 11.3 Å². The summed E-state index contributed by atoms with van der Waals surface area (Å²) < 4.78 is 1.84. The molecule has 2 aliphatic rings. The van der Waals surface area contributed by atoms with Crippen LogP contribution >= 0.6 is 23.4 Å². The molecule has 0 aliphatic carbocycles. The number of pyridine rings is 1. The second kappa shape index (κ2) is 10.4. The molecule has 0 radical (unpaired) electrons. The van der Waals surface area contributed by atoms with Gasteiger partial charge < -0.3 is 14.8 Å². The molecule has 1 N–H and O–H groups in total. The lowest BCUT2D eigenvalue weighted by Gasteiger charge is -2.43.